The smallest absolute Gasteiger partial charge is 0.296 e. The summed E-state index contributed by atoms with van der Waals surface area (Å²) in [5, 5.41) is 25.5. The topological polar surface area (TPSA) is 104 Å². The summed E-state index contributed by atoms with van der Waals surface area (Å²) in [6.07, 6.45) is 1.63. The van der Waals surface area contributed by atoms with E-state index >= 15 is 0 Å². The maximum Gasteiger partial charge on any atom is 0.296 e. The molecule has 7 heteroatoms. The molecule has 1 heterocycles. The van der Waals surface area contributed by atoms with Gasteiger partial charge in [-0.3, -0.25) is 14.9 Å². The van der Waals surface area contributed by atoms with Crippen LogP contribution in [0.1, 0.15) is 12.8 Å². The monoisotopic (exact) mass is 251 g/mol. The number of nitrogens with zero attached hydrogens (tertiary/aromatic N) is 1. The number of phenolic OH excluding ortho intramolecular Hbond substituents is 1. The van der Waals surface area contributed by atoms with E-state index in [2.05, 4.69) is 10.6 Å². The minimum absolute atomic E-state index is 0.0940. The van der Waals surface area contributed by atoms with Gasteiger partial charge in [0.2, 0.25) is 5.91 Å². The number of benzene rings is 1. The van der Waals surface area contributed by atoms with Crippen LogP contribution >= 0.6 is 0 Å². The van der Waals surface area contributed by atoms with Crippen molar-refractivity contribution in [1.82, 2.24) is 5.32 Å². The molecule has 0 spiro atoms. The third-order valence-corrected chi connectivity index (χ3v) is 2.81. The number of anilines is 1. The van der Waals surface area contributed by atoms with E-state index < -0.39 is 4.92 Å². The van der Waals surface area contributed by atoms with Crippen molar-refractivity contribution in [2.75, 3.05) is 11.9 Å². The van der Waals surface area contributed by atoms with Crippen LogP contribution in [0, 0.1) is 10.1 Å². The fourth-order valence-electron chi connectivity index (χ4n) is 1.90. The lowest BCUT2D eigenvalue weighted by Crippen LogP contribution is -2.35. The summed E-state index contributed by atoms with van der Waals surface area (Å²) in [7, 11) is 0. The standard InChI is InChI=1S/C11H13N3O4/c15-7-3-4-8(10(6-7)14(17)18)13-11(16)9-2-1-5-12-9/h3-4,6,9,12,15H,1-2,5H2,(H,13,16)/t9-/m1/s1. The lowest BCUT2D eigenvalue weighted by Gasteiger charge is -2.11. The zero-order valence-corrected chi connectivity index (χ0v) is 9.55. The average Bonchev–Trinajstić information content (AvgIpc) is 2.84. The van der Waals surface area contributed by atoms with Crippen molar-refractivity contribution in [3.05, 3.63) is 28.3 Å². The molecule has 0 saturated carbocycles. The molecule has 1 saturated heterocycles. The van der Waals surface area contributed by atoms with Crippen LogP contribution in [0.15, 0.2) is 18.2 Å². The van der Waals surface area contributed by atoms with Gasteiger partial charge in [0, 0.05) is 0 Å². The number of carbonyl (C=O) groups is 1. The Morgan fingerprint density at radius 1 is 1.56 bits per heavy atom. The van der Waals surface area contributed by atoms with E-state index in [0.29, 0.717) is 0 Å². The van der Waals surface area contributed by atoms with Gasteiger partial charge < -0.3 is 15.7 Å². The number of amides is 1. The zero-order chi connectivity index (χ0) is 13.1. The van der Waals surface area contributed by atoms with E-state index in [1.54, 1.807) is 0 Å². The third-order valence-electron chi connectivity index (χ3n) is 2.81. The fourth-order valence-corrected chi connectivity index (χ4v) is 1.90. The SMILES string of the molecule is O=C(Nc1ccc(O)cc1[N+](=O)[O-])[C@H]1CCCN1. The maximum absolute atomic E-state index is 11.8. The second-order valence-electron chi connectivity index (χ2n) is 4.10. The van der Waals surface area contributed by atoms with Gasteiger partial charge in [-0.05, 0) is 31.5 Å². The molecular formula is C11H13N3O4. The molecule has 18 heavy (non-hydrogen) atoms. The predicted molar refractivity (Wildman–Crippen MR) is 64.4 cm³/mol. The first kappa shape index (κ1) is 12.3. The van der Waals surface area contributed by atoms with E-state index in [1.165, 1.54) is 12.1 Å². The lowest BCUT2D eigenvalue weighted by atomic mass is 10.2. The summed E-state index contributed by atoms with van der Waals surface area (Å²) in [6, 6.07) is 3.32. The molecule has 0 bridgehead atoms. The number of hydrogen-bond donors (Lipinski definition) is 3. The van der Waals surface area contributed by atoms with Gasteiger partial charge in [0.1, 0.15) is 11.4 Å². The van der Waals surface area contributed by atoms with Gasteiger partial charge in [0.15, 0.2) is 0 Å². The number of rotatable bonds is 3. The number of hydrogen-bond acceptors (Lipinski definition) is 5. The van der Waals surface area contributed by atoms with Crippen LogP contribution in [0.25, 0.3) is 0 Å². The molecule has 1 amide bonds. The van der Waals surface area contributed by atoms with Gasteiger partial charge >= 0.3 is 0 Å². The molecule has 3 N–H and O–H groups in total. The molecule has 1 fully saturated rings. The molecule has 2 rings (SSSR count). The molecule has 96 valence electrons. The van der Waals surface area contributed by atoms with E-state index in [-0.39, 0.29) is 29.1 Å². The van der Waals surface area contributed by atoms with E-state index in [9.17, 15) is 20.0 Å². The highest BCUT2D eigenvalue weighted by atomic mass is 16.6. The van der Waals surface area contributed by atoms with Crippen molar-refractivity contribution in [2.45, 2.75) is 18.9 Å². The highest BCUT2D eigenvalue weighted by Crippen LogP contribution is 2.28. The van der Waals surface area contributed by atoms with Crippen LogP contribution in [0.5, 0.6) is 5.75 Å². The van der Waals surface area contributed by atoms with Crippen molar-refractivity contribution in [3.63, 3.8) is 0 Å². The Hall–Kier alpha value is -2.15. The predicted octanol–water partition coefficient (Wildman–Crippen LogP) is 0.991. The first-order valence-electron chi connectivity index (χ1n) is 5.59. The molecule has 1 aliphatic rings. The molecule has 1 aromatic carbocycles. The number of nitro groups is 1. The summed E-state index contributed by atoms with van der Waals surface area (Å²) < 4.78 is 0. The molecule has 0 aliphatic carbocycles. The van der Waals surface area contributed by atoms with Crippen LogP contribution < -0.4 is 10.6 Å². The first-order valence-corrected chi connectivity index (χ1v) is 5.59. The molecule has 1 atom stereocenters. The third kappa shape index (κ3) is 2.57. The van der Waals surface area contributed by atoms with Crippen molar-refractivity contribution in [3.8, 4) is 5.75 Å². The first-order chi connectivity index (χ1) is 8.58. The minimum atomic E-state index is -0.641. The fraction of sp³-hybridized carbons (Fsp3) is 0.364. The Morgan fingerprint density at radius 2 is 2.33 bits per heavy atom. The van der Waals surface area contributed by atoms with Gasteiger partial charge in [0.05, 0.1) is 17.0 Å². The summed E-state index contributed by atoms with van der Waals surface area (Å²) >= 11 is 0. The summed E-state index contributed by atoms with van der Waals surface area (Å²) in [4.78, 5) is 22.0. The molecule has 0 aromatic heterocycles. The van der Waals surface area contributed by atoms with Crippen LogP contribution in [0.3, 0.4) is 0 Å². The maximum atomic E-state index is 11.8. The normalized spacial score (nSPS) is 18.6. The van der Waals surface area contributed by atoms with Gasteiger partial charge in [-0.15, -0.1) is 0 Å². The second kappa shape index (κ2) is 5.01. The van der Waals surface area contributed by atoms with Crippen LogP contribution in [-0.2, 0) is 4.79 Å². The summed E-state index contributed by atoms with van der Waals surface area (Å²) in [6.45, 7) is 0.774. The van der Waals surface area contributed by atoms with Gasteiger partial charge in [0.25, 0.3) is 5.69 Å². The number of phenols is 1. The molecule has 1 aromatic rings. The molecule has 7 nitrogen and oxygen atoms in total. The van der Waals surface area contributed by atoms with Crippen molar-refractivity contribution < 1.29 is 14.8 Å². The molecular weight excluding hydrogens is 238 g/mol. The van der Waals surface area contributed by atoms with Crippen LogP contribution in [0.2, 0.25) is 0 Å². The van der Waals surface area contributed by atoms with E-state index in [0.717, 1.165) is 25.5 Å². The Morgan fingerprint density at radius 3 is 2.94 bits per heavy atom. The average molecular weight is 251 g/mol. The summed E-state index contributed by atoms with van der Waals surface area (Å²) in [5.41, 5.74) is -0.224. The number of nitrogens with one attached hydrogen (secondary N) is 2. The van der Waals surface area contributed by atoms with Gasteiger partial charge in [-0.25, -0.2) is 0 Å². The summed E-state index contributed by atoms with van der Waals surface area (Å²) in [5.74, 6) is -0.500. The molecule has 0 radical (unpaired) electrons. The quantitative estimate of drug-likeness (QED) is 0.422. The number of nitro benzene ring substituents is 1. The Balaban J connectivity index is 2.17. The number of aromatic hydroxyl groups is 1. The molecule has 1 aliphatic heterocycles. The lowest BCUT2D eigenvalue weighted by molar-refractivity contribution is -0.384. The number of carbonyl (C=O) groups excluding carboxylic acids is 1. The van der Waals surface area contributed by atoms with E-state index in [4.69, 9.17) is 0 Å². The van der Waals surface area contributed by atoms with Crippen LogP contribution in [0.4, 0.5) is 11.4 Å². The Labute approximate surface area is 103 Å². The van der Waals surface area contributed by atoms with Crippen LogP contribution in [-0.4, -0.2) is 28.5 Å². The highest BCUT2D eigenvalue weighted by molar-refractivity contribution is 5.97. The van der Waals surface area contributed by atoms with Gasteiger partial charge in [-0.2, -0.15) is 0 Å². The Bertz CT molecular complexity index is 483. The van der Waals surface area contributed by atoms with Crippen molar-refractivity contribution >= 4 is 17.3 Å². The van der Waals surface area contributed by atoms with Crippen molar-refractivity contribution in [2.24, 2.45) is 0 Å². The zero-order valence-electron chi connectivity index (χ0n) is 9.55. The minimum Gasteiger partial charge on any atom is -0.508 e. The second-order valence-corrected chi connectivity index (χ2v) is 4.10. The molecule has 0 unspecified atom stereocenters. The largest absolute Gasteiger partial charge is 0.508 e. The van der Waals surface area contributed by atoms with Crippen molar-refractivity contribution in [1.29, 1.82) is 0 Å². The van der Waals surface area contributed by atoms with Gasteiger partial charge in [-0.1, -0.05) is 0 Å². The van der Waals surface area contributed by atoms with E-state index in [1.807, 2.05) is 0 Å². The highest BCUT2D eigenvalue weighted by Gasteiger charge is 2.24. The Kier molecular flexibility index (Phi) is 3.42.